The van der Waals surface area contributed by atoms with Crippen LogP contribution in [0.3, 0.4) is 0 Å². The Labute approximate surface area is 135 Å². The lowest BCUT2D eigenvalue weighted by molar-refractivity contribution is 0.281. The van der Waals surface area contributed by atoms with Crippen molar-refractivity contribution < 1.29 is 12.8 Å². The van der Waals surface area contributed by atoms with Crippen molar-refractivity contribution in [2.75, 3.05) is 13.2 Å². The highest BCUT2D eigenvalue weighted by molar-refractivity contribution is 7.89. The summed E-state index contributed by atoms with van der Waals surface area (Å²) in [5.41, 5.74) is 1.06. The van der Waals surface area contributed by atoms with Gasteiger partial charge in [-0.1, -0.05) is 38.5 Å². The summed E-state index contributed by atoms with van der Waals surface area (Å²) in [5, 5.41) is 0.141. The number of hydrogen-bond donors (Lipinski definition) is 0. The van der Waals surface area contributed by atoms with Crippen molar-refractivity contribution in [3.8, 4) is 0 Å². The number of hydrogen-bond acceptors (Lipinski definition) is 3. The van der Waals surface area contributed by atoms with E-state index in [2.05, 4.69) is 33.9 Å². The molecule has 0 N–H and O–H groups in total. The third kappa shape index (κ3) is 3.62. The van der Waals surface area contributed by atoms with Crippen molar-refractivity contribution in [2.45, 2.75) is 56.8 Å². The molecule has 0 aromatic heterocycles. The molecule has 1 aliphatic rings. The maximum absolute atomic E-state index is 12.5. The van der Waals surface area contributed by atoms with E-state index in [-0.39, 0.29) is 11.1 Å². The molecule has 0 radical (unpaired) electrons. The predicted molar refractivity (Wildman–Crippen MR) is 92.0 cm³/mol. The Kier molecular flexibility index (Phi) is 4.61. The number of rotatable bonds is 5. The predicted octanol–water partition coefficient (Wildman–Crippen LogP) is 3.39. The number of nitrogens with zero attached hydrogens (tertiary/aromatic N) is 1. The summed E-state index contributed by atoms with van der Waals surface area (Å²) in [4.78, 5) is 0.368. The Morgan fingerprint density at radius 3 is 2.27 bits per heavy atom. The third-order valence-electron chi connectivity index (χ3n) is 4.73. The van der Waals surface area contributed by atoms with E-state index in [1.807, 2.05) is 19.1 Å². The van der Waals surface area contributed by atoms with Crippen molar-refractivity contribution in [3.63, 3.8) is 0 Å². The van der Waals surface area contributed by atoms with E-state index in [1.165, 1.54) is 4.31 Å². The second-order valence-electron chi connectivity index (χ2n) is 7.61. The topological polar surface area (TPSA) is 46.4 Å². The zero-order valence-corrected chi connectivity index (χ0v) is 16.2. The second-order valence-corrected chi connectivity index (χ2v) is 14.3. The van der Waals surface area contributed by atoms with Crippen LogP contribution in [0.15, 0.2) is 29.2 Å². The lowest BCUT2D eigenvalue weighted by Gasteiger charge is -2.36. The Morgan fingerprint density at radius 2 is 1.77 bits per heavy atom. The minimum atomic E-state index is -3.37. The van der Waals surface area contributed by atoms with Crippen molar-refractivity contribution in [2.24, 2.45) is 0 Å². The van der Waals surface area contributed by atoms with Gasteiger partial charge in [0, 0.05) is 6.54 Å². The lowest BCUT2D eigenvalue weighted by Crippen LogP contribution is -2.42. The van der Waals surface area contributed by atoms with Gasteiger partial charge in [-0.2, -0.15) is 4.31 Å². The molecule has 1 aliphatic heterocycles. The van der Waals surface area contributed by atoms with Crippen molar-refractivity contribution in [1.29, 1.82) is 0 Å². The molecule has 1 aromatic carbocycles. The molecule has 124 valence electrons. The summed E-state index contributed by atoms with van der Waals surface area (Å²) in [6.07, 6.45) is 0. The molecule has 2 atom stereocenters. The second kappa shape index (κ2) is 5.74. The van der Waals surface area contributed by atoms with Crippen LogP contribution < -0.4 is 0 Å². The molecule has 1 saturated heterocycles. The first kappa shape index (κ1) is 17.7. The molecular weight excluding hydrogens is 314 g/mol. The Hall–Kier alpha value is -0.693. The van der Waals surface area contributed by atoms with Gasteiger partial charge in [-0.25, -0.2) is 8.42 Å². The highest BCUT2D eigenvalue weighted by Gasteiger charge is 2.46. The zero-order chi connectivity index (χ0) is 16.8. The van der Waals surface area contributed by atoms with E-state index in [0.717, 1.165) is 5.56 Å². The first-order chi connectivity index (χ1) is 9.95. The molecule has 6 heteroatoms. The Bertz CT molecular complexity index is 632. The molecule has 1 fully saturated rings. The fraction of sp³-hybridized carbons (Fsp3) is 0.625. The van der Waals surface area contributed by atoms with Crippen LogP contribution in [-0.2, 0) is 14.4 Å². The normalized spacial score (nSPS) is 22.6. The van der Waals surface area contributed by atoms with Crippen molar-refractivity contribution in [3.05, 3.63) is 29.8 Å². The molecule has 4 nitrogen and oxygen atoms in total. The van der Waals surface area contributed by atoms with E-state index < -0.39 is 18.3 Å². The summed E-state index contributed by atoms with van der Waals surface area (Å²) >= 11 is 0. The summed E-state index contributed by atoms with van der Waals surface area (Å²) in [6, 6.07) is 7.00. The number of benzene rings is 1. The van der Waals surface area contributed by atoms with Gasteiger partial charge in [0.1, 0.15) is 0 Å². The van der Waals surface area contributed by atoms with Gasteiger partial charge in [-0.15, -0.1) is 0 Å². The van der Waals surface area contributed by atoms with Gasteiger partial charge in [0.05, 0.1) is 17.5 Å². The van der Waals surface area contributed by atoms with Gasteiger partial charge < -0.3 is 4.43 Å². The molecule has 0 saturated carbocycles. The molecule has 22 heavy (non-hydrogen) atoms. The maximum Gasteiger partial charge on any atom is 0.243 e. The van der Waals surface area contributed by atoms with Crippen LogP contribution in [0.25, 0.3) is 0 Å². The molecule has 0 bridgehead atoms. The SMILES string of the molecule is Cc1ccc(S(=O)(=O)N2CC2CO[Si](C)(C)C(C)(C)C)cc1. The van der Waals surface area contributed by atoms with E-state index in [1.54, 1.807) is 12.1 Å². The van der Waals surface area contributed by atoms with Gasteiger partial charge in [-0.05, 0) is 37.2 Å². The average Bonchev–Trinajstić information content (AvgIpc) is 3.16. The standard InChI is InChI=1S/C16H27NO3SSi/c1-13-7-9-15(10-8-13)21(18,19)17-11-14(17)12-20-22(5,6)16(2,3)4/h7-10,14H,11-12H2,1-6H3. The van der Waals surface area contributed by atoms with Gasteiger partial charge >= 0.3 is 0 Å². The fourth-order valence-electron chi connectivity index (χ4n) is 1.96. The van der Waals surface area contributed by atoms with Crippen LogP contribution in [0.4, 0.5) is 0 Å². The quantitative estimate of drug-likeness (QED) is 0.609. The van der Waals surface area contributed by atoms with Gasteiger partial charge in [0.2, 0.25) is 10.0 Å². The van der Waals surface area contributed by atoms with Crippen LogP contribution in [0.5, 0.6) is 0 Å². The van der Waals surface area contributed by atoms with E-state index in [0.29, 0.717) is 18.0 Å². The molecule has 0 amide bonds. The molecule has 1 aromatic rings. The fourth-order valence-corrected chi connectivity index (χ4v) is 4.57. The van der Waals surface area contributed by atoms with Crippen LogP contribution >= 0.6 is 0 Å². The van der Waals surface area contributed by atoms with E-state index >= 15 is 0 Å². The van der Waals surface area contributed by atoms with Crippen molar-refractivity contribution >= 4 is 18.3 Å². The zero-order valence-electron chi connectivity index (χ0n) is 14.4. The largest absolute Gasteiger partial charge is 0.415 e. The van der Waals surface area contributed by atoms with Gasteiger partial charge in [-0.3, -0.25) is 0 Å². The smallest absolute Gasteiger partial charge is 0.243 e. The minimum absolute atomic E-state index is 0.0135. The molecule has 0 aliphatic carbocycles. The van der Waals surface area contributed by atoms with Crippen LogP contribution in [0, 0.1) is 6.92 Å². The van der Waals surface area contributed by atoms with Crippen LogP contribution in [0.2, 0.25) is 18.1 Å². The summed E-state index contributed by atoms with van der Waals surface area (Å²) in [7, 11) is -5.19. The van der Waals surface area contributed by atoms with Gasteiger partial charge in [0.25, 0.3) is 0 Å². The Balaban J connectivity index is 1.99. The molecule has 2 rings (SSSR count). The summed E-state index contributed by atoms with van der Waals surface area (Å²) < 4.78 is 32.7. The van der Waals surface area contributed by atoms with E-state index in [4.69, 9.17) is 4.43 Å². The lowest BCUT2D eigenvalue weighted by atomic mass is 10.2. The van der Waals surface area contributed by atoms with Crippen LogP contribution in [0.1, 0.15) is 26.3 Å². The molecule has 2 unspecified atom stereocenters. The third-order valence-corrected chi connectivity index (χ3v) is 11.2. The number of sulfonamides is 1. The van der Waals surface area contributed by atoms with E-state index in [9.17, 15) is 8.42 Å². The maximum atomic E-state index is 12.5. The molecule has 0 spiro atoms. The average molecular weight is 342 g/mol. The van der Waals surface area contributed by atoms with Gasteiger partial charge in [0.15, 0.2) is 8.32 Å². The first-order valence-corrected chi connectivity index (χ1v) is 12.0. The molecule has 1 heterocycles. The number of aryl methyl sites for hydroxylation is 1. The monoisotopic (exact) mass is 341 g/mol. The Morgan fingerprint density at radius 1 is 1.23 bits per heavy atom. The minimum Gasteiger partial charge on any atom is -0.415 e. The molecular formula is C16H27NO3SSi. The highest BCUT2D eigenvalue weighted by Crippen LogP contribution is 2.38. The highest BCUT2D eigenvalue weighted by atomic mass is 32.2. The first-order valence-electron chi connectivity index (χ1n) is 7.68. The van der Waals surface area contributed by atoms with Crippen LogP contribution in [-0.4, -0.2) is 40.2 Å². The summed E-state index contributed by atoms with van der Waals surface area (Å²) in [5.74, 6) is 0. The summed E-state index contributed by atoms with van der Waals surface area (Å²) in [6.45, 7) is 13.9. The van der Waals surface area contributed by atoms with Crippen molar-refractivity contribution in [1.82, 2.24) is 4.31 Å².